The second-order valence-electron chi connectivity index (χ2n) is 4.14. The number of rotatable bonds is 7. The topological polar surface area (TPSA) is 79.4 Å². The highest BCUT2D eigenvalue weighted by Gasteiger charge is 2.10. The molecule has 106 valence electrons. The van der Waals surface area contributed by atoms with Crippen LogP contribution in [0.25, 0.3) is 0 Å². The summed E-state index contributed by atoms with van der Waals surface area (Å²) in [5, 5.41) is 5.66. The van der Waals surface area contributed by atoms with Crippen molar-refractivity contribution in [2.75, 3.05) is 51.1 Å². The van der Waals surface area contributed by atoms with E-state index in [-0.39, 0.29) is 12.5 Å². The van der Waals surface area contributed by atoms with Gasteiger partial charge in [0.2, 0.25) is 11.9 Å². The van der Waals surface area contributed by atoms with Gasteiger partial charge >= 0.3 is 0 Å². The maximum absolute atomic E-state index is 11.7. The van der Waals surface area contributed by atoms with Gasteiger partial charge < -0.3 is 20.3 Å². The van der Waals surface area contributed by atoms with E-state index >= 15 is 0 Å². The van der Waals surface area contributed by atoms with E-state index in [0.29, 0.717) is 24.9 Å². The average Bonchev–Trinajstić information content (AvgIpc) is 2.38. The number of nitrogens with zero attached hydrogens (tertiary/aromatic N) is 3. The lowest BCUT2D eigenvalue weighted by Gasteiger charge is -2.18. The smallest absolute Gasteiger partial charge is 0.239 e. The van der Waals surface area contributed by atoms with E-state index in [4.69, 9.17) is 4.74 Å². The number of carbonyl (C=O) groups is 1. The van der Waals surface area contributed by atoms with E-state index < -0.39 is 0 Å². The number of amides is 1. The molecule has 0 atom stereocenters. The van der Waals surface area contributed by atoms with Gasteiger partial charge in [-0.2, -0.15) is 4.98 Å². The Morgan fingerprint density at radius 3 is 2.84 bits per heavy atom. The molecule has 1 amide bonds. The van der Waals surface area contributed by atoms with Crippen molar-refractivity contribution in [1.29, 1.82) is 0 Å². The van der Waals surface area contributed by atoms with E-state index in [9.17, 15) is 4.79 Å². The molecule has 19 heavy (non-hydrogen) atoms. The van der Waals surface area contributed by atoms with Crippen LogP contribution in [0.15, 0.2) is 6.07 Å². The molecule has 1 heterocycles. The normalized spacial score (nSPS) is 10.1. The van der Waals surface area contributed by atoms with Gasteiger partial charge in [0.25, 0.3) is 0 Å². The van der Waals surface area contributed by atoms with Crippen molar-refractivity contribution in [3.8, 4) is 0 Å². The van der Waals surface area contributed by atoms with Crippen LogP contribution in [0, 0.1) is 6.92 Å². The number of hydrogen-bond donors (Lipinski definition) is 2. The predicted molar refractivity (Wildman–Crippen MR) is 74.5 cm³/mol. The second kappa shape index (κ2) is 7.52. The molecule has 1 rings (SSSR count). The number of anilines is 2. The lowest BCUT2D eigenvalue weighted by atomic mass is 10.4. The predicted octanol–water partition coefficient (Wildman–Crippen LogP) is 0.0255. The summed E-state index contributed by atoms with van der Waals surface area (Å²) in [6.07, 6.45) is 0. The lowest BCUT2D eigenvalue weighted by Crippen LogP contribution is -2.37. The first-order chi connectivity index (χ1) is 9.06. The Balaban J connectivity index is 2.59. The van der Waals surface area contributed by atoms with Crippen molar-refractivity contribution < 1.29 is 9.53 Å². The van der Waals surface area contributed by atoms with Gasteiger partial charge in [0.1, 0.15) is 5.82 Å². The minimum Gasteiger partial charge on any atom is -0.383 e. The molecular formula is C12H21N5O2. The quantitative estimate of drug-likeness (QED) is 0.678. The Morgan fingerprint density at radius 2 is 2.21 bits per heavy atom. The van der Waals surface area contributed by atoms with Crippen LogP contribution >= 0.6 is 0 Å². The Bertz CT molecular complexity index is 425. The van der Waals surface area contributed by atoms with Crippen molar-refractivity contribution in [2.45, 2.75) is 6.92 Å². The van der Waals surface area contributed by atoms with Crippen molar-refractivity contribution in [1.82, 2.24) is 15.3 Å². The van der Waals surface area contributed by atoms with Gasteiger partial charge in [-0.1, -0.05) is 0 Å². The van der Waals surface area contributed by atoms with Crippen LogP contribution < -0.4 is 15.5 Å². The van der Waals surface area contributed by atoms with E-state index in [1.54, 1.807) is 19.1 Å². The van der Waals surface area contributed by atoms with Crippen LogP contribution in [-0.4, -0.2) is 56.8 Å². The molecule has 7 nitrogen and oxygen atoms in total. The number of aromatic nitrogens is 2. The number of nitrogens with one attached hydrogen (secondary N) is 2. The highest BCUT2D eigenvalue weighted by molar-refractivity contribution is 5.80. The third-order valence-corrected chi connectivity index (χ3v) is 2.46. The van der Waals surface area contributed by atoms with Crippen molar-refractivity contribution in [3.05, 3.63) is 11.8 Å². The van der Waals surface area contributed by atoms with E-state index in [1.165, 1.54) is 0 Å². The third kappa shape index (κ3) is 5.09. The molecule has 0 aliphatic heterocycles. The number of likely N-dealkylation sites (N-methyl/N-ethyl adjacent to an activating group) is 1. The first-order valence-electron chi connectivity index (χ1n) is 6.07. The van der Waals surface area contributed by atoms with Gasteiger partial charge in [0, 0.05) is 39.5 Å². The molecule has 0 aliphatic rings. The fourth-order valence-corrected chi connectivity index (χ4v) is 1.50. The molecule has 0 fully saturated rings. The van der Waals surface area contributed by atoms with Crippen LogP contribution in [0.5, 0.6) is 0 Å². The molecule has 0 aliphatic carbocycles. The lowest BCUT2D eigenvalue weighted by molar-refractivity contribution is -0.119. The van der Waals surface area contributed by atoms with E-state index in [0.717, 1.165) is 5.69 Å². The Morgan fingerprint density at radius 1 is 1.47 bits per heavy atom. The summed E-state index contributed by atoms with van der Waals surface area (Å²) in [5.74, 6) is 1.18. The first-order valence-corrected chi connectivity index (χ1v) is 6.07. The number of carbonyl (C=O) groups excluding carboxylic acids is 1. The second-order valence-corrected chi connectivity index (χ2v) is 4.14. The maximum Gasteiger partial charge on any atom is 0.239 e. The molecule has 0 bridgehead atoms. The molecular weight excluding hydrogens is 246 g/mol. The summed E-state index contributed by atoms with van der Waals surface area (Å²) < 4.78 is 4.87. The highest BCUT2D eigenvalue weighted by atomic mass is 16.5. The number of hydrogen-bond acceptors (Lipinski definition) is 6. The zero-order valence-corrected chi connectivity index (χ0v) is 11.9. The first kappa shape index (κ1) is 15.2. The van der Waals surface area contributed by atoms with Gasteiger partial charge in [-0.15, -0.1) is 0 Å². The van der Waals surface area contributed by atoms with Crippen LogP contribution in [0.4, 0.5) is 11.8 Å². The molecule has 1 aromatic heterocycles. The monoisotopic (exact) mass is 267 g/mol. The standard InChI is InChI=1S/C12H21N5O2/c1-9-7-10(16-12(13-2)15-9)17(3)8-11(18)14-5-6-19-4/h7H,5-6,8H2,1-4H3,(H,14,18)(H,13,15,16). The molecule has 0 saturated heterocycles. The fraction of sp³-hybridized carbons (Fsp3) is 0.583. The highest BCUT2D eigenvalue weighted by Crippen LogP contribution is 2.12. The van der Waals surface area contributed by atoms with Crippen molar-refractivity contribution in [2.24, 2.45) is 0 Å². The number of methoxy groups -OCH3 is 1. The third-order valence-electron chi connectivity index (χ3n) is 2.46. The fourth-order valence-electron chi connectivity index (χ4n) is 1.50. The van der Waals surface area contributed by atoms with Crippen LogP contribution in [-0.2, 0) is 9.53 Å². The molecule has 0 spiro atoms. The van der Waals surface area contributed by atoms with Crippen molar-refractivity contribution in [3.63, 3.8) is 0 Å². The van der Waals surface area contributed by atoms with Crippen molar-refractivity contribution >= 4 is 17.7 Å². The molecule has 0 aromatic carbocycles. The molecule has 0 saturated carbocycles. The molecule has 2 N–H and O–H groups in total. The number of aryl methyl sites for hydroxylation is 1. The minimum absolute atomic E-state index is 0.0678. The zero-order valence-electron chi connectivity index (χ0n) is 11.9. The summed E-state index contributed by atoms with van der Waals surface area (Å²) in [7, 11) is 5.17. The van der Waals surface area contributed by atoms with Gasteiger partial charge in [-0.05, 0) is 6.92 Å². The maximum atomic E-state index is 11.7. The Kier molecular flexibility index (Phi) is 6.01. The summed E-state index contributed by atoms with van der Waals surface area (Å²) in [5.41, 5.74) is 0.848. The molecule has 7 heteroatoms. The van der Waals surface area contributed by atoms with E-state index in [2.05, 4.69) is 20.6 Å². The molecule has 1 aromatic rings. The summed E-state index contributed by atoms with van der Waals surface area (Å²) in [6, 6.07) is 1.84. The summed E-state index contributed by atoms with van der Waals surface area (Å²) in [6.45, 7) is 3.14. The van der Waals surface area contributed by atoms with Crippen LogP contribution in [0.3, 0.4) is 0 Å². The Hall–Kier alpha value is -1.89. The minimum atomic E-state index is -0.0678. The largest absolute Gasteiger partial charge is 0.383 e. The SMILES string of the molecule is CNc1nc(C)cc(N(C)CC(=O)NCCOC)n1. The summed E-state index contributed by atoms with van der Waals surface area (Å²) in [4.78, 5) is 22.0. The van der Waals surface area contributed by atoms with Crippen LogP contribution in [0.1, 0.15) is 5.69 Å². The van der Waals surface area contributed by atoms with Gasteiger partial charge in [-0.3, -0.25) is 4.79 Å². The molecule has 0 radical (unpaired) electrons. The number of ether oxygens (including phenoxy) is 1. The summed E-state index contributed by atoms with van der Waals surface area (Å²) >= 11 is 0. The zero-order chi connectivity index (χ0) is 14.3. The Labute approximate surface area is 113 Å². The average molecular weight is 267 g/mol. The van der Waals surface area contributed by atoms with Gasteiger partial charge in [0.05, 0.1) is 13.2 Å². The van der Waals surface area contributed by atoms with E-state index in [1.807, 2.05) is 20.0 Å². The van der Waals surface area contributed by atoms with Crippen LogP contribution in [0.2, 0.25) is 0 Å². The van der Waals surface area contributed by atoms with Gasteiger partial charge in [0.15, 0.2) is 0 Å². The molecule has 0 unspecified atom stereocenters. The van der Waals surface area contributed by atoms with Gasteiger partial charge in [-0.25, -0.2) is 4.98 Å².